The Morgan fingerprint density at radius 1 is 1.30 bits per heavy atom. The Morgan fingerprint density at radius 2 is 2.04 bits per heavy atom. The first kappa shape index (κ1) is 16.2. The van der Waals surface area contributed by atoms with Crippen LogP contribution in [0.5, 0.6) is 0 Å². The van der Waals surface area contributed by atoms with Gasteiger partial charge in [0.05, 0.1) is 5.56 Å². The van der Waals surface area contributed by atoms with Crippen molar-refractivity contribution in [2.45, 2.75) is 38.0 Å². The van der Waals surface area contributed by atoms with Gasteiger partial charge in [0.1, 0.15) is 0 Å². The summed E-state index contributed by atoms with van der Waals surface area (Å²) < 4.78 is 39.7. The number of nitrogens with zero attached hydrogens (tertiary/aromatic N) is 1. The summed E-state index contributed by atoms with van der Waals surface area (Å²) in [6.45, 7) is 2.04. The molecule has 0 saturated carbocycles. The number of benzene rings is 1. The molecule has 124 valence electrons. The molecule has 0 amide bonds. The first-order valence-corrected chi connectivity index (χ1v) is 7.93. The van der Waals surface area contributed by atoms with E-state index in [0.717, 1.165) is 12.8 Å². The second-order valence-electron chi connectivity index (χ2n) is 5.92. The topological polar surface area (TPSA) is 36.1 Å². The van der Waals surface area contributed by atoms with E-state index in [2.05, 4.69) is 9.88 Å². The van der Waals surface area contributed by atoms with Gasteiger partial charge in [0, 0.05) is 40.6 Å². The third kappa shape index (κ3) is 2.92. The second-order valence-corrected chi connectivity index (χ2v) is 6.23. The molecule has 2 heterocycles. The number of fused-ring (bicyclic) bond motifs is 1. The fourth-order valence-corrected chi connectivity index (χ4v) is 3.63. The predicted molar refractivity (Wildman–Crippen MR) is 85.3 cm³/mol. The number of halogens is 4. The van der Waals surface area contributed by atoms with Gasteiger partial charge in [-0.2, -0.15) is 13.2 Å². The standard InChI is InChI=1S/C16H16ClF3N2O/c1-9-2-3-11(8-17)22(9)10-4-5-14-12(6-10)13(16(18,19)20)7-15(23)21-14/h4-7,9,11H,2-3,8H2,1H3,(H,21,23)/t9-,11-/m1/s1. The second kappa shape index (κ2) is 5.74. The molecule has 1 aromatic carbocycles. The van der Waals surface area contributed by atoms with Crippen molar-refractivity contribution in [1.29, 1.82) is 0 Å². The number of aromatic nitrogens is 1. The Morgan fingerprint density at radius 3 is 2.70 bits per heavy atom. The highest BCUT2D eigenvalue weighted by molar-refractivity contribution is 6.18. The minimum absolute atomic E-state index is 0.00187. The fraction of sp³-hybridized carbons (Fsp3) is 0.438. The predicted octanol–water partition coefficient (Wildman–Crippen LogP) is 4.14. The van der Waals surface area contributed by atoms with E-state index in [1.54, 1.807) is 6.07 Å². The number of nitrogens with one attached hydrogen (secondary N) is 1. The number of H-pyrrole nitrogens is 1. The van der Waals surface area contributed by atoms with Gasteiger partial charge in [0.25, 0.3) is 0 Å². The van der Waals surface area contributed by atoms with Crippen LogP contribution in [-0.2, 0) is 6.18 Å². The minimum Gasteiger partial charge on any atom is -0.365 e. The molecule has 0 spiro atoms. The van der Waals surface area contributed by atoms with Crippen molar-refractivity contribution in [2.75, 3.05) is 10.8 Å². The third-order valence-electron chi connectivity index (χ3n) is 4.39. The smallest absolute Gasteiger partial charge is 0.365 e. The van der Waals surface area contributed by atoms with E-state index in [9.17, 15) is 18.0 Å². The molecule has 23 heavy (non-hydrogen) atoms. The van der Waals surface area contributed by atoms with E-state index in [1.807, 2.05) is 6.92 Å². The number of rotatable bonds is 2. The minimum atomic E-state index is -4.58. The molecule has 1 N–H and O–H groups in total. The summed E-state index contributed by atoms with van der Waals surface area (Å²) in [4.78, 5) is 16.0. The lowest BCUT2D eigenvalue weighted by molar-refractivity contribution is -0.136. The monoisotopic (exact) mass is 344 g/mol. The Balaban J connectivity index is 2.18. The first-order chi connectivity index (χ1) is 10.8. The molecular formula is C16H16ClF3N2O. The third-order valence-corrected chi connectivity index (χ3v) is 4.75. The Hall–Kier alpha value is -1.69. The van der Waals surface area contributed by atoms with Crippen LogP contribution >= 0.6 is 11.6 Å². The van der Waals surface area contributed by atoms with E-state index in [-0.39, 0.29) is 23.0 Å². The Kier molecular flexibility index (Phi) is 4.04. The van der Waals surface area contributed by atoms with Crippen LogP contribution < -0.4 is 10.5 Å². The van der Waals surface area contributed by atoms with E-state index < -0.39 is 17.3 Å². The van der Waals surface area contributed by atoms with Crippen molar-refractivity contribution in [2.24, 2.45) is 0 Å². The average Bonchev–Trinajstić information content (AvgIpc) is 2.86. The maximum atomic E-state index is 13.2. The summed E-state index contributed by atoms with van der Waals surface area (Å²) in [5, 5.41) is 0.00187. The van der Waals surface area contributed by atoms with Crippen molar-refractivity contribution >= 4 is 28.2 Å². The van der Waals surface area contributed by atoms with Crippen LogP contribution in [0.25, 0.3) is 10.9 Å². The number of hydrogen-bond donors (Lipinski definition) is 1. The van der Waals surface area contributed by atoms with Crippen LogP contribution in [0.2, 0.25) is 0 Å². The number of aromatic amines is 1. The molecule has 0 unspecified atom stereocenters. The van der Waals surface area contributed by atoms with Crippen molar-refractivity contribution in [3.05, 3.63) is 40.2 Å². The molecule has 3 rings (SSSR count). The summed E-state index contributed by atoms with van der Waals surface area (Å²) >= 11 is 5.99. The molecular weight excluding hydrogens is 329 g/mol. The summed E-state index contributed by atoms with van der Waals surface area (Å²) in [5.41, 5.74) is -0.785. The molecule has 7 heteroatoms. The van der Waals surface area contributed by atoms with Gasteiger partial charge in [0.15, 0.2) is 0 Å². The number of pyridine rings is 1. The van der Waals surface area contributed by atoms with Gasteiger partial charge in [-0.15, -0.1) is 11.6 Å². The zero-order valence-corrected chi connectivity index (χ0v) is 13.2. The zero-order valence-electron chi connectivity index (χ0n) is 12.5. The van der Waals surface area contributed by atoms with Crippen molar-refractivity contribution in [1.82, 2.24) is 4.98 Å². The van der Waals surface area contributed by atoms with Gasteiger partial charge < -0.3 is 9.88 Å². The lowest BCUT2D eigenvalue weighted by atomic mass is 10.1. The molecule has 0 radical (unpaired) electrons. The van der Waals surface area contributed by atoms with Crippen molar-refractivity contribution < 1.29 is 13.2 Å². The Bertz CT molecular complexity index is 787. The summed E-state index contributed by atoms with van der Waals surface area (Å²) in [6.07, 6.45) is -2.71. The number of hydrogen-bond acceptors (Lipinski definition) is 2. The van der Waals surface area contributed by atoms with Crippen LogP contribution in [0.1, 0.15) is 25.3 Å². The van der Waals surface area contributed by atoms with Gasteiger partial charge in [0.2, 0.25) is 5.56 Å². The zero-order chi connectivity index (χ0) is 16.8. The lowest BCUT2D eigenvalue weighted by Gasteiger charge is -2.30. The summed E-state index contributed by atoms with van der Waals surface area (Å²) in [5.74, 6) is 0.431. The normalized spacial score (nSPS) is 22.0. The number of alkyl halides is 4. The molecule has 1 aliphatic rings. The molecule has 2 atom stereocenters. The molecule has 1 saturated heterocycles. The highest BCUT2D eigenvalue weighted by atomic mass is 35.5. The van der Waals surface area contributed by atoms with Crippen LogP contribution in [0, 0.1) is 0 Å². The van der Waals surface area contributed by atoms with Gasteiger partial charge >= 0.3 is 6.18 Å². The highest BCUT2D eigenvalue weighted by Gasteiger charge is 2.34. The van der Waals surface area contributed by atoms with Gasteiger partial charge in [-0.3, -0.25) is 4.79 Å². The van der Waals surface area contributed by atoms with Crippen LogP contribution in [-0.4, -0.2) is 22.9 Å². The highest BCUT2D eigenvalue weighted by Crippen LogP contribution is 2.37. The lowest BCUT2D eigenvalue weighted by Crippen LogP contribution is -2.35. The maximum absolute atomic E-state index is 13.2. The first-order valence-electron chi connectivity index (χ1n) is 7.40. The van der Waals surface area contributed by atoms with E-state index >= 15 is 0 Å². The molecule has 0 bridgehead atoms. The quantitative estimate of drug-likeness (QED) is 0.831. The molecule has 0 aliphatic carbocycles. The van der Waals surface area contributed by atoms with Crippen molar-refractivity contribution in [3.63, 3.8) is 0 Å². The summed E-state index contributed by atoms with van der Waals surface area (Å²) in [7, 11) is 0. The molecule has 1 aromatic heterocycles. The average molecular weight is 345 g/mol. The van der Waals surface area contributed by atoms with E-state index in [0.29, 0.717) is 17.6 Å². The van der Waals surface area contributed by atoms with Gasteiger partial charge in [-0.25, -0.2) is 0 Å². The maximum Gasteiger partial charge on any atom is 0.417 e. The molecule has 1 aliphatic heterocycles. The van der Waals surface area contributed by atoms with Crippen LogP contribution in [0.4, 0.5) is 18.9 Å². The fourth-order valence-electron chi connectivity index (χ4n) is 3.33. The van der Waals surface area contributed by atoms with Crippen LogP contribution in [0.15, 0.2) is 29.1 Å². The SMILES string of the molecule is C[C@@H]1CC[C@H](CCl)N1c1ccc2[nH]c(=O)cc(C(F)(F)F)c2c1. The van der Waals surface area contributed by atoms with Crippen molar-refractivity contribution in [3.8, 4) is 0 Å². The van der Waals surface area contributed by atoms with Gasteiger partial charge in [-0.1, -0.05) is 0 Å². The van der Waals surface area contributed by atoms with E-state index in [1.165, 1.54) is 12.1 Å². The number of anilines is 1. The van der Waals surface area contributed by atoms with Crippen LogP contribution in [0.3, 0.4) is 0 Å². The Labute approximate surface area is 136 Å². The summed E-state index contributed by atoms with van der Waals surface area (Å²) in [6, 6.07) is 5.69. The largest absolute Gasteiger partial charge is 0.417 e. The molecule has 1 fully saturated rings. The molecule has 3 nitrogen and oxygen atoms in total. The van der Waals surface area contributed by atoms with E-state index in [4.69, 9.17) is 11.6 Å². The molecule has 2 aromatic rings. The van der Waals surface area contributed by atoms with Gasteiger partial charge in [-0.05, 0) is 38.0 Å².